The van der Waals surface area contributed by atoms with Crippen molar-refractivity contribution in [2.45, 2.75) is 13.0 Å². The summed E-state index contributed by atoms with van der Waals surface area (Å²) in [5.74, 6) is -0.677. The van der Waals surface area contributed by atoms with E-state index in [0.717, 1.165) is 29.3 Å². The van der Waals surface area contributed by atoms with Crippen LogP contribution in [-0.2, 0) is 13.0 Å². The number of nitrogens with one attached hydrogen (secondary N) is 2. The maximum Gasteiger partial charge on any atom is 0.322 e. The van der Waals surface area contributed by atoms with E-state index in [1.807, 2.05) is 18.2 Å². The normalized spacial score (nSPS) is 12.7. The average molecular weight is 438 g/mol. The van der Waals surface area contributed by atoms with Gasteiger partial charge in [0.15, 0.2) is 0 Å². The fourth-order valence-electron chi connectivity index (χ4n) is 3.42. The second kappa shape index (κ2) is 9.01. The zero-order valence-electron chi connectivity index (χ0n) is 17.2. The minimum absolute atomic E-state index is 0.206. The monoisotopic (exact) mass is 438 g/mol. The van der Waals surface area contributed by atoms with Gasteiger partial charge in [-0.25, -0.2) is 13.6 Å². The Morgan fingerprint density at radius 2 is 1.84 bits per heavy atom. The van der Waals surface area contributed by atoms with E-state index in [1.165, 1.54) is 24.2 Å². The van der Waals surface area contributed by atoms with Crippen molar-refractivity contribution >= 4 is 17.6 Å². The molecule has 0 spiro atoms. The largest absolute Gasteiger partial charge is 0.457 e. The second-order valence-electron chi connectivity index (χ2n) is 7.21. The lowest BCUT2D eigenvalue weighted by atomic mass is 10.00. The van der Waals surface area contributed by atoms with Crippen molar-refractivity contribution in [3.8, 4) is 11.5 Å². The van der Waals surface area contributed by atoms with Gasteiger partial charge in [0.1, 0.15) is 28.8 Å². The number of halogens is 2. The molecule has 0 bridgehead atoms. The molecule has 0 atom stereocenters. The molecule has 2 heterocycles. The maximum absolute atomic E-state index is 13.9. The minimum atomic E-state index is -0.707. The molecule has 2 aromatic carbocycles. The molecule has 0 unspecified atom stereocenters. The fourth-order valence-corrected chi connectivity index (χ4v) is 3.42. The van der Waals surface area contributed by atoms with E-state index in [9.17, 15) is 18.4 Å². The van der Waals surface area contributed by atoms with Crippen LogP contribution in [0.25, 0.3) is 0 Å². The highest BCUT2D eigenvalue weighted by Crippen LogP contribution is 2.28. The topological polar surface area (TPSA) is 83.6 Å². The first-order chi connectivity index (χ1) is 15.4. The number of hydrogen-bond donors (Lipinski definition) is 2. The standard InChI is InChI=1S/C23H20F2N4O3/c1-26-22(30)21-12-18(6-8-27-21)32-17-4-2-14-7-9-29(13-15(14)10-17)23(31)28-20-11-16(24)3-5-19(20)25/h2-6,8,10-12H,7,9,13H2,1H3,(H,26,30)(H,28,31). The van der Waals surface area contributed by atoms with E-state index in [1.54, 1.807) is 6.07 Å². The molecular formula is C23H20F2N4O3. The van der Waals surface area contributed by atoms with Crippen LogP contribution in [0.4, 0.5) is 19.3 Å². The molecule has 3 aromatic rings. The van der Waals surface area contributed by atoms with Crippen LogP contribution in [0.5, 0.6) is 11.5 Å². The number of anilines is 1. The lowest BCUT2D eigenvalue weighted by Crippen LogP contribution is -2.39. The fraction of sp³-hybridized carbons (Fsp3) is 0.174. The predicted molar refractivity (Wildman–Crippen MR) is 114 cm³/mol. The Bertz CT molecular complexity index is 1190. The van der Waals surface area contributed by atoms with Crippen molar-refractivity contribution in [1.82, 2.24) is 15.2 Å². The van der Waals surface area contributed by atoms with Gasteiger partial charge in [0.2, 0.25) is 0 Å². The quantitative estimate of drug-likeness (QED) is 0.643. The van der Waals surface area contributed by atoms with Crippen molar-refractivity contribution in [2.24, 2.45) is 0 Å². The number of hydrogen-bond acceptors (Lipinski definition) is 4. The SMILES string of the molecule is CNC(=O)c1cc(Oc2ccc3c(c2)CN(C(=O)Nc2cc(F)ccc2F)CC3)ccn1. The van der Waals surface area contributed by atoms with Crippen molar-refractivity contribution in [2.75, 3.05) is 18.9 Å². The summed E-state index contributed by atoms with van der Waals surface area (Å²) in [5, 5.41) is 4.93. The Morgan fingerprint density at radius 1 is 1.03 bits per heavy atom. The maximum atomic E-state index is 13.9. The number of nitrogens with zero attached hydrogens (tertiary/aromatic N) is 2. The van der Waals surface area contributed by atoms with Gasteiger partial charge in [0.25, 0.3) is 5.91 Å². The summed E-state index contributed by atoms with van der Waals surface area (Å²) < 4.78 is 33.1. The van der Waals surface area contributed by atoms with Gasteiger partial charge in [-0.1, -0.05) is 6.07 Å². The Balaban J connectivity index is 1.48. The first kappa shape index (κ1) is 21.2. The molecule has 2 N–H and O–H groups in total. The zero-order chi connectivity index (χ0) is 22.7. The molecule has 0 saturated carbocycles. The van der Waals surface area contributed by atoms with E-state index in [2.05, 4.69) is 15.6 Å². The molecule has 3 amide bonds. The van der Waals surface area contributed by atoms with E-state index in [4.69, 9.17) is 4.74 Å². The van der Waals surface area contributed by atoms with Gasteiger partial charge >= 0.3 is 6.03 Å². The van der Waals surface area contributed by atoms with Crippen LogP contribution in [-0.4, -0.2) is 35.4 Å². The van der Waals surface area contributed by atoms with Gasteiger partial charge in [0.05, 0.1) is 5.69 Å². The highest BCUT2D eigenvalue weighted by atomic mass is 19.1. The summed E-state index contributed by atoms with van der Waals surface area (Å²) in [6.07, 6.45) is 2.10. The van der Waals surface area contributed by atoms with Gasteiger partial charge in [0, 0.05) is 38.5 Å². The first-order valence-electron chi connectivity index (χ1n) is 9.91. The summed E-state index contributed by atoms with van der Waals surface area (Å²) in [6, 6.07) is 11.1. The van der Waals surface area contributed by atoms with Gasteiger partial charge in [-0.2, -0.15) is 0 Å². The number of amides is 3. The Hall–Kier alpha value is -4.01. The summed E-state index contributed by atoms with van der Waals surface area (Å²) >= 11 is 0. The van der Waals surface area contributed by atoms with Gasteiger partial charge in [-0.15, -0.1) is 0 Å². The molecule has 4 rings (SSSR count). The first-order valence-corrected chi connectivity index (χ1v) is 9.91. The highest BCUT2D eigenvalue weighted by Gasteiger charge is 2.22. The van der Waals surface area contributed by atoms with E-state index in [0.29, 0.717) is 24.5 Å². The number of benzene rings is 2. The molecule has 1 aliphatic rings. The Morgan fingerprint density at radius 3 is 2.66 bits per heavy atom. The van der Waals surface area contributed by atoms with Gasteiger partial charge in [-0.05, 0) is 47.9 Å². The molecule has 1 aromatic heterocycles. The third-order valence-corrected chi connectivity index (χ3v) is 5.07. The summed E-state index contributed by atoms with van der Waals surface area (Å²) in [6.45, 7) is 0.727. The van der Waals surface area contributed by atoms with Crippen LogP contribution >= 0.6 is 0 Å². The predicted octanol–water partition coefficient (Wildman–Crippen LogP) is 4.10. The number of ether oxygens (including phenoxy) is 1. The molecule has 0 saturated heterocycles. The number of carbonyl (C=O) groups is 2. The number of carbonyl (C=O) groups excluding carboxylic acids is 2. The van der Waals surface area contributed by atoms with Crippen molar-refractivity contribution in [3.05, 3.63) is 83.2 Å². The van der Waals surface area contributed by atoms with E-state index >= 15 is 0 Å². The molecule has 0 radical (unpaired) electrons. The number of fused-ring (bicyclic) bond motifs is 1. The Labute approximate surface area is 183 Å². The number of aromatic nitrogens is 1. The summed E-state index contributed by atoms with van der Waals surface area (Å²) in [5.41, 5.74) is 1.97. The molecule has 7 nitrogen and oxygen atoms in total. The molecular weight excluding hydrogens is 418 g/mol. The second-order valence-corrected chi connectivity index (χ2v) is 7.21. The lowest BCUT2D eigenvalue weighted by Gasteiger charge is -2.29. The van der Waals surface area contributed by atoms with Crippen LogP contribution in [0.15, 0.2) is 54.7 Å². The number of pyridine rings is 1. The third-order valence-electron chi connectivity index (χ3n) is 5.07. The van der Waals surface area contributed by atoms with E-state index < -0.39 is 17.7 Å². The van der Waals surface area contributed by atoms with E-state index in [-0.39, 0.29) is 23.8 Å². The molecule has 9 heteroatoms. The van der Waals surface area contributed by atoms with Gasteiger partial charge < -0.3 is 20.3 Å². The Kier molecular flexibility index (Phi) is 5.98. The van der Waals surface area contributed by atoms with Crippen molar-refractivity contribution < 1.29 is 23.1 Å². The van der Waals surface area contributed by atoms with Crippen LogP contribution in [0.2, 0.25) is 0 Å². The highest BCUT2D eigenvalue weighted by molar-refractivity contribution is 5.92. The van der Waals surface area contributed by atoms with Crippen molar-refractivity contribution in [1.29, 1.82) is 0 Å². The number of urea groups is 1. The van der Waals surface area contributed by atoms with Crippen LogP contribution in [0.3, 0.4) is 0 Å². The van der Waals surface area contributed by atoms with Crippen LogP contribution < -0.4 is 15.4 Å². The molecule has 0 fully saturated rings. The summed E-state index contributed by atoms with van der Waals surface area (Å²) in [4.78, 5) is 29.9. The number of rotatable bonds is 4. The third kappa shape index (κ3) is 4.66. The average Bonchev–Trinajstić information content (AvgIpc) is 2.80. The van der Waals surface area contributed by atoms with Gasteiger partial charge in [-0.3, -0.25) is 9.78 Å². The molecule has 164 valence electrons. The molecule has 32 heavy (non-hydrogen) atoms. The summed E-state index contributed by atoms with van der Waals surface area (Å²) in [7, 11) is 1.52. The van der Waals surface area contributed by atoms with Crippen LogP contribution in [0.1, 0.15) is 21.6 Å². The smallest absolute Gasteiger partial charge is 0.322 e. The lowest BCUT2D eigenvalue weighted by molar-refractivity contribution is 0.0957. The molecule has 0 aliphatic carbocycles. The van der Waals surface area contributed by atoms with Crippen LogP contribution in [0, 0.1) is 11.6 Å². The minimum Gasteiger partial charge on any atom is -0.457 e. The zero-order valence-corrected chi connectivity index (χ0v) is 17.2. The van der Waals surface area contributed by atoms with Crippen molar-refractivity contribution in [3.63, 3.8) is 0 Å². The molecule has 1 aliphatic heterocycles.